The molecule has 0 atom stereocenters. The fraction of sp³-hybridized carbons (Fsp3) is 0.167. The summed E-state index contributed by atoms with van der Waals surface area (Å²) < 4.78 is 48.8. The Balaban J connectivity index is 0.00000261. The van der Waals surface area contributed by atoms with Crippen LogP contribution in [0.2, 0.25) is 0 Å². The van der Waals surface area contributed by atoms with Gasteiger partial charge in [0.25, 0.3) is 11.8 Å². The van der Waals surface area contributed by atoms with Gasteiger partial charge in [0.05, 0.1) is 12.7 Å². The van der Waals surface area contributed by atoms with Crippen molar-refractivity contribution in [3.63, 3.8) is 0 Å². The lowest BCUT2D eigenvalue weighted by Crippen LogP contribution is -2.05. The summed E-state index contributed by atoms with van der Waals surface area (Å²) in [6.07, 6.45) is -3.00. The van der Waals surface area contributed by atoms with Gasteiger partial charge in [0.15, 0.2) is 5.82 Å². The lowest BCUT2D eigenvalue weighted by atomic mass is 10.2. The van der Waals surface area contributed by atoms with Crippen LogP contribution in [0.5, 0.6) is 23.3 Å². The first-order valence-corrected chi connectivity index (χ1v) is 7.30. The van der Waals surface area contributed by atoms with Crippen LogP contribution < -0.4 is 9.47 Å². The van der Waals surface area contributed by atoms with E-state index in [9.17, 15) is 18.3 Å². The molecule has 0 aliphatic heterocycles. The number of hydrogen-bond donors (Lipinski definition) is 1. The van der Waals surface area contributed by atoms with Crippen molar-refractivity contribution in [3.05, 3.63) is 54.2 Å². The molecule has 2 aromatic heterocycles. The van der Waals surface area contributed by atoms with Crippen molar-refractivity contribution in [2.24, 2.45) is 0 Å². The number of pyridine rings is 1. The number of ether oxygens (including phenoxy) is 2. The van der Waals surface area contributed by atoms with E-state index in [4.69, 9.17) is 9.47 Å². The minimum atomic E-state index is -4.52. The Kier molecular flexibility index (Phi) is 5.84. The minimum Gasteiger partial charge on any atom is -0.499 e. The lowest BCUT2D eigenvalue weighted by molar-refractivity contribution is -0.137. The molecule has 0 amide bonds. The van der Waals surface area contributed by atoms with Crippen molar-refractivity contribution in [2.75, 3.05) is 7.11 Å². The summed E-state index contributed by atoms with van der Waals surface area (Å²) in [5.41, 5.74) is -0.514. The third kappa shape index (κ3) is 4.43. The van der Waals surface area contributed by atoms with Crippen LogP contribution in [-0.4, -0.2) is 27.2 Å². The van der Waals surface area contributed by atoms with Crippen molar-refractivity contribution in [3.8, 4) is 34.8 Å². The number of methoxy groups -OCH3 is 1. The molecule has 1 aromatic carbocycles. The Morgan fingerprint density at radius 1 is 1.00 bits per heavy atom. The smallest absolute Gasteiger partial charge is 0.416 e. The largest absolute Gasteiger partial charge is 0.499 e. The summed E-state index contributed by atoms with van der Waals surface area (Å²) in [7, 11) is 1.28. The number of hydrogen-bond acceptors (Lipinski definition) is 6. The van der Waals surface area contributed by atoms with Crippen LogP contribution >= 0.6 is 0 Å². The van der Waals surface area contributed by atoms with Gasteiger partial charge in [-0.3, -0.25) is 4.98 Å². The first kappa shape index (κ1) is 20.0. The molecule has 0 unspecified atom stereocenters. The summed E-state index contributed by atoms with van der Waals surface area (Å²) in [6.45, 7) is 0. The van der Waals surface area contributed by atoms with E-state index in [0.29, 0.717) is 5.69 Å². The molecule has 0 saturated carbocycles. The molecular weight excluding hydrogens is 363 g/mol. The first-order valence-electron chi connectivity index (χ1n) is 7.30. The highest BCUT2D eigenvalue weighted by Gasteiger charge is 2.31. The number of nitrogens with zero attached hydrogens (tertiary/aromatic N) is 3. The molecule has 0 saturated heterocycles. The number of halogens is 3. The van der Waals surface area contributed by atoms with Crippen molar-refractivity contribution in [1.82, 2.24) is 15.0 Å². The van der Waals surface area contributed by atoms with Gasteiger partial charge in [-0.15, -0.1) is 0 Å². The third-order valence-corrected chi connectivity index (χ3v) is 3.28. The maximum Gasteiger partial charge on any atom is 0.416 e. The number of benzene rings is 1. The molecule has 0 aliphatic carbocycles. The monoisotopic (exact) mass is 379 g/mol. The van der Waals surface area contributed by atoms with Crippen LogP contribution in [0.3, 0.4) is 0 Å². The average molecular weight is 379 g/mol. The standard InChI is InChI=1S/C17H12F3N3O3.CH4/c1-25-15-13(24)16(23-14(22-15)12-7-2-3-8-21-12)26-11-6-4-5-10(9-11)17(18,19)20;/h2-9,24H,1H3;1H4. The summed E-state index contributed by atoms with van der Waals surface area (Å²) in [4.78, 5) is 12.1. The normalized spacial score (nSPS) is 10.8. The predicted molar refractivity (Wildman–Crippen MR) is 91.7 cm³/mol. The van der Waals surface area contributed by atoms with Crippen LogP contribution in [0.25, 0.3) is 11.5 Å². The highest BCUT2D eigenvalue weighted by molar-refractivity contribution is 5.55. The molecule has 0 bridgehead atoms. The molecule has 0 aliphatic rings. The fourth-order valence-electron chi connectivity index (χ4n) is 2.09. The van der Waals surface area contributed by atoms with Gasteiger partial charge in [0.2, 0.25) is 5.75 Å². The zero-order valence-electron chi connectivity index (χ0n) is 13.4. The van der Waals surface area contributed by atoms with E-state index in [1.165, 1.54) is 25.4 Å². The molecule has 9 heteroatoms. The summed E-state index contributed by atoms with van der Waals surface area (Å²) in [5.74, 6) is -1.14. The fourth-order valence-corrected chi connectivity index (χ4v) is 2.09. The molecule has 142 valence electrons. The van der Waals surface area contributed by atoms with Crippen LogP contribution in [-0.2, 0) is 6.18 Å². The molecule has 3 rings (SSSR count). The van der Waals surface area contributed by atoms with E-state index in [1.54, 1.807) is 18.2 Å². The summed E-state index contributed by atoms with van der Waals surface area (Å²) in [5, 5.41) is 10.1. The second kappa shape index (κ2) is 7.90. The number of rotatable bonds is 4. The Bertz CT molecular complexity index is 919. The Morgan fingerprint density at radius 2 is 1.74 bits per heavy atom. The first-order chi connectivity index (χ1) is 12.4. The van der Waals surface area contributed by atoms with E-state index < -0.39 is 17.5 Å². The van der Waals surface area contributed by atoms with E-state index in [0.717, 1.165) is 12.1 Å². The Hall–Kier alpha value is -3.36. The van der Waals surface area contributed by atoms with Gasteiger partial charge in [-0.05, 0) is 30.3 Å². The third-order valence-electron chi connectivity index (χ3n) is 3.28. The van der Waals surface area contributed by atoms with E-state index in [2.05, 4.69) is 15.0 Å². The maximum absolute atomic E-state index is 12.8. The van der Waals surface area contributed by atoms with Crippen molar-refractivity contribution < 1.29 is 27.8 Å². The van der Waals surface area contributed by atoms with E-state index in [1.807, 2.05) is 0 Å². The van der Waals surface area contributed by atoms with E-state index in [-0.39, 0.29) is 30.8 Å². The van der Waals surface area contributed by atoms with Gasteiger partial charge < -0.3 is 14.6 Å². The SMILES string of the molecule is C.COc1nc(-c2ccccn2)nc(Oc2cccc(C(F)(F)F)c2)c1O. The summed E-state index contributed by atoms with van der Waals surface area (Å²) >= 11 is 0. The topological polar surface area (TPSA) is 77.4 Å². The number of alkyl halides is 3. The van der Waals surface area contributed by atoms with Gasteiger partial charge in [-0.1, -0.05) is 19.6 Å². The average Bonchev–Trinajstić information content (AvgIpc) is 2.63. The maximum atomic E-state index is 12.8. The van der Waals surface area contributed by atoms with Gasteiger partial charge in [-0.2, -0.15) is 23.1 Å². The van der Waals surface area contributed by atoms with Gasteiger partial charge in [0.1, 0.15) is 11.4 Å². The Morgan fingerprint density at radius 3 is 2.37 bits per heavy atom. The molecule has 0 radical (unpaired) electrons. The minimum absolute atomic E-state index is 0. The molecule has 1 N–H and O–H groups in total. The van der Waals surface area contributed by atoms with Crippen LogP contribution in [0.1, 0.15) is 13.0 Å². The predicted octanol–water partition coefficient (Wildman–Crippen LogP) is 4.70. The zero-order valence-corrected chi connectivity index (χ0v) is 13.4. The van der Waals surface area contributed by atoms with E-state index >= 15 is 0 Å². The second-order valence-electron chi connectivity index (χ2n) is 5.05. The summed E-state index contributed by atoms with van der Waals surface area (Å²) in [6, 6.07) is 9.23. The van der Waals surface area contributed by atoms with Crippen molar-refractivity contribution in [2.45, 2.75) is 13.6 Å². The quantitative estimate of drug-likeness (QED) is 0.708. The van der Waals surface area contributed by atoms with Gasteiger partial charge in [0, 0.05) is 6.20 Å². The molecular formula is C18H16F3N3O3. The molecule has 3 aromatic rings. The highest BCUT2D eigenvalue weighted by atomic mass is 19.4. The number of aromatic nitrogens is 3. The molecule has 6 nitrogen and oxygen atoms in total. The Labute approximate surface area is 153 Å². The van der Waals surface area contributed by atoms with Crippen LogP contribution in [0, 0.1) is 0 Å². The molecule has 0 spiro atoms. The van der Waals surface area contributed by atoms with Crippen molar-refractivity contribution in [1.29, 1.82) is 0 Å². The number of aromatic hydroxyl groups is 1. The highest BCUT2D eigenvalue weighted by Crippen LogP contribution is 2.38. The zero-order chi connectivity index (χ0) is 18.7. The van der Waals surface area contributed by atoms with Crippen LogP contribution in [0.4, 0.5) is 13.2 Å². The lowest BCUT2D eigenvalue weighted by Gasteiger charge is -2.12. The molecule has 27 heavy (non-hydrogen) atoms. The van der Waals surface area contributed by atoms with Gasteiger partial charge >= 0.3 is 6.18 Å². The molecule has 2 heterocycles. The van der Waals surface area contributed by atoms with Crippen LogP contribution in [0.15, 0.2) is 48.7 Å². The van der Waals surface area contributed by atoms with Crippen molar-refractivity contribution >= 4 is 0 Å². The second-order valence-corrected chi connectivity index (χ2v) is 5.05. The van der Waals surface area contributed by atoms with Gasteiger partial charge in [-0.25, -0.2) is 0 Å². The molecule has 0 fully saturated rings.